The largest absolute Gasteiger partial charge is 0.314 e. The standard InChI is InChI=1S/C13H19N3S/c1-8(10(3)14-5)6-12-11(4)15-13-16(12)7-9(2)17-13/h6-7,10,14H,1-5H3. The summed E-state index contributed by atoms with van der Waals surface area (Å²) in [7, 11) is 1.98. The Bertz CT molecular complexity index is 562. The van der Waals surface area contributed by atoms with Gasteiger partial charge in [0, 0.05) is 17.1 Å². The van der Waals surface area contributed by atoms with Crippen LogP contribution in [0.15, 0.2) is 11.8 Å². The van der Waals surface area contributed by atoms with Gasteiger partial charge < -0.3 is 5.32 Å². The molecule has 2 heterocycles. The Labute approximate surface area is 106 Å². The van der Waals surface area contributed by atoms with Crippen molar-refractivity contribution >= 4 is 22.4 Å². The first-order valence-electron chi connectivity index (χ1n) is 5.83. The molecular formula is C13H19N3S. The number of aromatic nitrogens is 2. The number of aryl methyl sites for hydroxylation is 2. The molecule has 4 heteroatoms. The number of thiazole rings is 1. The smallest absolute Gasteiger partial charge is 0.194 e. The molecule has 17 heavy (non-hydrogen) atoms. The van der Waals surface area contributed by atoms with Crippen LogP contribution in [0.3, 0.4) is 0 Å². The molecule has 0 aliphatic rings. The van der Waals surface area contributed by atoms with E-state index >= 15 is 0 Å². The van der Waals surface area contributed by atoms with Crippen LogP contribution < -0.4 is 5.32 Å². The number of hydrogen-bond acceptors (Lipinski definition) is 3. The topological polar surface area (TPSA) is 29.3 Å². The summed E-state index contributed by atoms with van der Waals surface area (Å²) in [5, 5.41) is 3.25. The average Bonchev–Trinajstić information content (AvgIpc) is 2.76. The maximum Gasteiger partial charge on any atom is 0.194 e. The number of rotatable bonds is 3. The molecule has 0 aliphatic carbocycles. The minimum absolute atomic E-state index is 0.389. The lowest BCUT2D eigenvalue weighted by Crippen LogP contribution is -2.22. The molecule has 2 aromatic rings. The fourth-order valence-electron chi connectivity index (χ4n) is 1.82. The molecule has 0 spiro atoms. The minimum atomic E-state index is 0.389. The normalized spacial score (nSPS) is 14.5. The van der Waals surface area contributed by atoms with Crippen LogP contribution in [0.4, 0.5) is 0 Å². The summed E-state index contributed by atoms with van der Waals surface area (Å²) >= 11 is 1.74. The number of imidazole rings is 1. The first-order chi connectivity index (χ1) is 8.02. The highest BCUT2D eigenvalue weighted by Gasteiger charge is 2.10. The second kappa shape index (κ2) is 4.63. The van der Waals surface area contributed by atoms with Gasteiger partial charge in [-0.05, 0) is 40.8 Å². The van der Waals surface area contributed by atoms with E-state index in [2.05, 4.69) is 54.7 Å². The number of hydrogen-bond donors (Lipinski definition) is 1. The van der Waals surface area contributed by atoms with E-state index in [-0.39, 0.29) is 0 Å². The van der Waals surface area contributed by atoms with Gasteiger partial charge in [0.1, 0.15) is 0 Å². The predicted octanol–water partition coefficient (Wildman–Crippen LogP) is 3.02. The van der Waals surface area contributed by atoms with Crippen molar-refractivity contribution in [1.82, 2.24) is 14.7 Å². The molecule has 0 bridgehead atoms. The molecule has 0 saturated heterocycles. The molecule has 1 unspecified atom stereocenters. The van der Waals surface area contributed by atoms with Crippen LogP contribution in [0.1, 0.15) is 30.1 Å². The maximum atomic E-state index is 4.59. The van der Waals surface area contributed by atoms with E-state index in [1.165, 1.54) is 16.1 Å². The van der Waals surface area contributed by atoms with Crippen molar-refractivity contribution in [3.05, 3.63) is 28.0 Å². The Hall–Kier alpha value is -1.13. The molecule has 3 nitrogen and oxygen atoms in total. The summed E-state index contributed by atoms with van der Waals surface area (Å²) in [5.41, 5.74) is 3.61. The Morgan fingerprint density at radius 1 is 1.53 bits per heavy atom. The third-order valence-electron chi connectivity index (χ3n) is 3.14. The van der Waals surface area contributed by atoms with Crippen molar-refractivity contribution in [1.29, 1.82) is 0 Å². The molecule has 0 aromatic carbocycles. The van der Waals surface area contributed by atoms with Crippen LogP contribution in [0, 0.1) is 13.8 Å². The van der Waals surface area contributed by atoms with Crippen LogP contribution in [0.5, 0.6) is 0 Å². The van der Waals surface area contributed by atoms with E-state index in [1.54, 1.807) is 11.3 Å². The zero-order valence-corrected chi connectivity index (χ0v) is 11.9. The fourth-order valence-corrected chi connectivity index (χ4v) is 2.70. The van der Waals surface area contributed by atoms with Crippen molar-refractivity contribution in [3.8, 4) is 0 Å². The highest BCUT2D eigenvalue weighted by Crippen LogP contribution is 2.22. The van der Waals surface area contributed by atoms with Gasteiger partial charge in [0.05, 0.1) is 11.4 Å². The Balaban J connectivity index is 2.50. The quantitative estimate of drug-likeness (QED) is 0.906. The van der Waals surface area contributed by atoms with E-state index in [4.69, 9.17) is 0 Å². The third kappa shape index (κ3) is 2.28. The van der Waals surface area contributed by atoms with Gasteiger partial charge >= 0.3 is 0 Å². The second-order valence-corrected chi connectivity index (χ2v) is 5.69. The van der Waals surface area contributed by atoms with E-state index < -0.39 is 0 Å². The molecule has 1 N–H and O–H groups in total. The Morgan fingerprint density at radius 3 is 2.88 bits per heavy atom. The molecular weight excluding hydrogens is 230 g/mol. The van der Waals surface area contributed by atoms with Crippen molar-refractivity contribution in [3.63, 3.8) is 0 Å². The van der Waals surface area contributed by atoms with Gasteiger partial charge in [0.2, 0.25) is 0 Å². The SMILES string of the molecule is CNC(C)C(C)=Cc1c(C)nc2sc(C)cn12. The monoisotopic (exact) mass is 249 g/mol. The van der Waals surface area contributed by atoms with Gasteiger partial charge in [0.25, 0.3) is 0 Å². The van der Waals surface area contributed by atoms with Gasteiger partial charge in [0.15, 0.2) is 4.96 Å². The lowest BCUT2D eigenvalue weighted by atomic mass is 10.1. The lowest BCUT2D eigenvalue weighted by Gasteiger charge is -2.10. The Morgan fingerprint density at radius 2 is 2.24 bits per heavy atom. The van der Waals surface area contributed by atoms with E-state index in [0.717, 1.165) is 10.7 Å². The van der Waals surface area contributed by atoms with Crippen LogP contribution in [-0.4, -0.2) is 22.5 Å². The van der Waals surface area contributed by atoms with Crippen LogP contribution in [-0.2, 0) is 0 Å². The second-order valence-electron chi connectivity index (χ2n) is 4.48. The van der Waals surface area contributed by atoms with Crippen LogP contribution in [0.25, 0.3) is 11.0 Å². The van der Waals surface area contributed by atoms with E-state index in [0.29, 0.717) is 6.04 Å². The highest BCUT2D eigenvalue weighted by atomic mass is 32.1. The van der Waals surface area contributed by atoms with Crippen LogP contribution >= 0.6 is 11.3 Å². The Kier molecular flexibility index (Phi) is 3.35. The first-order valence-corrected chi connectivity index (χ1v) is 6.65. The van der Waals surface area contributed by atoms with Crippen molar-refractivity contribution in [2.45, 2.75) is 33.7 Å². The van der Waals surface area contributed by atoms with Gasteiger partial charge in [-0.3, -0.25) is 4.40 Å². The van der Waals surface area contributed by atoms with E-state index in [9.17, 15) is 0 Å². The first kappa shape index (κ1) is 12.3. The third-order valence-corrected chi connectivity index (χ3v) is 4.04. The molecule has 1 atom stereocenters. The van der Waals surface area contributed by atoms with Crippen molar-refractivity contribution in [2.75, 3.05) is 7.05 Å². The van der Waals surface area contributed by atoms with Gasteiger partial charge in [-0.25, -0.2) is 4.98 Å². The highest BCUT2D eigenvalue weighted by molar-refractivity contribution is 7.17. The number of fused-ring (bicyclic) bond motifs is 1. The number of nitrogens with one attached hydrogen (secondary N) is 1. The zero-order valence-electron chi connectivity index (χ0n) is 11.0. The average molecular weight is 249 g/mol. The van der Waals surface area contributed by atoms with Crippen molar-refractivity contribution < 1.29 is 0 Å². The fraction of sp³-hybridized carbons (Fsp3) is 0.462. The predicted molar refractivity (Wildman–Crippen MR) is 74.7 cm³/mol. The molecule has 0 aliphatic heterocycles. The summed E-state index contributed by atoms with van der Waals surface area (Å²) in [6.07, 6.45) is 4.38. The number of likely N-dealkylation sites (N-methyl/N-ethyl adjacent to an activating group) is 1. The molecule has 0 saturated carbocycles. The lowest BCUT2D eigenvalue weighted by molar-refractivity contribution is 0.696. The maximum absolute atomic E-state index is 4.59. The minimum Gasteiger partial charge on any atom is -0.314 e. The van der Waals surface area contributed by atoms with Gasteiger partial charge in [-0.1, -0.05) is 5.57 Å². The zero-order chi connectivity index (χ0) is 12.6. The molecule has 92 valence electrons. The molecule has 0 radical (unpaired) electrons. The summed E-state index contributed by atoms with van der Waals surface area (Å²) in [5.74, 6) is 0. The van der Waals surface area contributed by atoms with Gasteiger partial charge in [-0.2, -0.15) is 0 Å². The molecule has 0 amide bonds. The van der Waals surface area contributed by atoms with E-state index in [1.807, 2.05) is 7.05 Å². The summed E-state index contributed by atoms with van der Waals surface area (Å²) < 4.78 is 2.18. The number of nitrogens with zero attached hydrogens (tertiary/aromatic N) is 2. The molecule has 0 fully saturated rings. The molecule has 2 aromatic heterocycles. The summed E-state index contributed by atoms with van der Waals surface area (Å²) in [4.78, 5) is 6.96. The summed E-state index contributed by atoms with van der Waals surface area (Å²) in [6.45, 7) is 8.50. The van der Waals surface area contributed by atoms with Gasteiger partial charge in [-0.15, -0.1) is 11.3 Å². The van der Waals surface area contributed by atoms with Crippen molar-refractivity contribution in [2.24, 2.45) is 0 Å². The van der Waals surface area contributed by atoms with Crippen LogP contribution in [0.2, 0.25) is 0 Å². The summed E-state index contributed by atoms with van der Waals surface area (Å²) in [6, 6.07) is 0.389. The molecule has 2 rings (SSSR count).